The van der Waals surface area contributed by atoms with Crippen LogP contribution >= 0.6 is 22.7 Å². The van der Waals surface area contributed by atoms with Crippen LogP contribution in [0.25, 0.3) is 277 Å². The molecular formula is C134H83N7S2. The van der Waals surface area contributed by atoms with Crippen molar-refractivity contribution in [3.8, 4) is 62.1 Å². The molecular weight excluding hydrogens is 1770 g/mol. The molecule has 0 aliphatic heterocycles. The molecule has 9 heteroatoms. The van der Waals surface area contributed by atoms with Crippen LogP contribution in [0, 0.1) is 0 Å². The van der Waals surface area contributed by atoms with Crippen molar-refractivity contribution in [1.29, 1.82) is 0 Å². The van der Waals surface area contributed by atoms with Crippen molar-refractivity contribution < 1.29 is 0 Å². The maximum atomic E-state index is 2.52. The molecule has 0 aliphatic carbocycles. The molecule has 0 atom stereocenters. The number of thiophene rings is 2. The number of hydrogen-bond acceptors (Lipinski definition) is 2. The zero-order chi connectivity index (χ0) is 93.6. The van der Waals surface area contributed by atoms with E-state index in [1.807, 2.05) is 22.7 Å². The summed E-state index contributed by atoms with van der Waals surface area (Å²) in [6.45, 7) is 0. The average molecular weight is 1860 g/mol. The van der Waals surface area contributed by atoms with Gasteiger partial charge in [0.15, 0.2) is 0 Å². The van der Waals surface area contributed by atoms with Gasteiger partial charge in [0.1, 0.15) is 0 Å². The number of benzene rings is 23. The summed E-state index contributed by atoms with van der Waals surface area (Å²) in [4.78, 5) is 0. The van der Waals surface area contributed by atoms with Crippen LogP contribution in [-0.2, 0) is 0 Å². The second-order valence-corrected chi connectivity index (χ2v) is 39.8. The molecule has 32 aromatic rings. The van der Waals surface area contributed by atoms with Crippen molar-refractivity contribution >= 4 is 237 Å². The Morgan fingerprint density at radius 3 is 0.937 bits per heavy atom. The lowest BCUT2D eigenvalue weighted by Gasteiger charge is -2.14. The minimum absolute atomic E-state index is 1.15. The topological polar surface area (TPSA) is 34.5 Å². The first kappa shape index (κ1) is 80.7. The van der Waals surface area contributed by atoms with Gasteiger partial charge in [0.05, 0.1) is 81.9 Å². The Hall–Kier alpha value is -18.4. The van der Waals surface area contributed by atoms with E-state index in [-0.39, 0.29) is 0 Å². The van der Waals surface area contributed by atoms with E-state index in [0.29, 0.717) is 0 Å². The Labute approximate surface area is 828 Å². The van der Waals surface area contributed by atoms with Gasteiger partial charge in [-0.2, -0.15) is 0 Å². The number of hydrogen-bond donors (Lipinski definition) is 0. The highest BCUT2D eigenvalue weighted by Gasteiger charge is 2.28. The molecule has 0 N–H and O–H groups in total. The van der Waals surface area contributed by atoms with Crippen LogP contribution in [0.2, 0.25) is 0 Å². The van der Waals surface area contributed by atoms with Gasteiger partial charge in [-0.15, -0.1) is 22.7 Å². The van der Waals surface area contributed by atoms with Crippen molar-refractivity contribution in [2.75, 3.05) is 0 Å². The van der Waals surface area contributed by atoms with Crippen LogP contribution in [-0.4, -0.2) is 32.0 Å². The van der Waals surface area contributed by atoms with Crippen molar-refractivity contribution in [2.24, 2.45) is 0 Å². The Morgan fingerprint density at radius 2 is 0.455 bits per heavy atom. The van der Waals surface area contributed by atoms with Gasteiger partial charge in [0.2, 0.25) is 0 Å². The van der Waals surface area contributed by atoms with Gasteiger partial charge in [-0.3, -0.25) is 0 Å². The largest absolute Gasteiger partial charge is 0.309 e. The van der Waals surface area contributed by atoms with Gasteiger partial charge in [0, 0.05) is 151 Å². The molecule has 0 spiro atoms. The molecule has 143 heavy (non-hydrogen) atoms. The summed E-state index contributed by atoms with van der Waals surface area (Å²) >= 11 is 3.82. The van der Waals surface area contributed by atoms with Gasteiger partial charge in [-0.05, 0) is 226 Å². The first-order valence-corrected chi connectivity index (χ1v) is 50.6. The van der Waals surface area contributed by atoms with Crippen molar-refractivity contribution in [2.45, 2.75) is 0 Å². The molecule has 0 fully saturated rings. The SMILES string of the molecule is c1ccc(-c2cc(-c3ccccc3)cc(-n3c4ccccc4c4c5c6ccccc6n(-c6ccccc6)c5ccc43)c2)cc1.c1ccc(-n2c3ccccc3c3cc(-n4c5ccccc5c5cc6c7ccccc7n(-c7ccc8c(c7)c7ccccc7n8-c7ccccc7)c6cc54)ccc32)cc1.c1ccc2c(c1)ccc1sc3cc(-n4c5ccccc5c5c6ccccc6c6c7ccccc7sc6c54)ccc3c12. The number of nitrogens with zero attached hydrogens (tertiary/aromatic N) is 7. The zero-order valence-electron chi connectivity index (χ0n) is 77.4. The lowest BCUT2D eigenvalue weighted by molar-refractivity contribution is 1.16. The first-order chi connectivity index (χ1) is 71.0. The fourth-order valence-electron chi connectivity index (χ4n) is 24.0. The predicted molar refractivity (Wildman–Crippen MR) is 611 cm³/mol. The maximum Gasteiger partial charge on any atom is 0.0726 e. The smallest absolute Gasteiger partial charge is 0.0726 e. The summed E-state index contributed by atoms with van der Waals surface area (Å²) in [5.41, 5.74) is 30.0. The first-order valence-electron chi connectivity index (χ1n) is 49.0. The molecule has 0 unspecified atom stereocenters. The summed E-state index contributed by atoms with van der Waals surface area (Å²) in [6.07, 6.45) is 0. The van der Waals surface area contributed by atoms with Crippen molar-refractivity contribution in [1.82, 2.24) is 32.0 Å². The van der Waals surface area contributed by atoms with E-state index in [0.717, 1.165) is 28.4 Å². The van der Waals surface area contributed by atoms with Gasteiger partial charge in [-0.25, -0.2) is 0 Å². The lowest BCUT2D eigenvalue weighted by Crippen LogP contribution is -1.97. The summed E-state index contributed by atoms with van der Waals surface area (Å²) in [5.74, 6) is 0. The normalized spacial score (nSPS) is 12.1. The van der Waals surface area contributed by atoms with Gasteiger partial charge in [-0.1, -0.05) is 322 Å². The van der Waals surface area contributed by atoms with Crippen LogP contribution in [0.5, 0.6) is 0 Å². The lowest BCUT2D eigenvalue weighted by atomic mass is 9.98. The number of aromatic nitrogens is 7. The van der Waals surface area contributed by atoms with Crippen LogP contribution < -0.4 is 0 Å². The van der Waals surface area contributed by atoms with E-state index in [2.05, 4.69) is 535 Å². The van der Waals surface area contributed by atoms with Gasteiger partial charge in [0.25, 0.3) is 0 Å². The Bertz CT molecular complexity index is 10600. The average Bonchev–Trinajstić information content (AvgIpc) is 1.54. The van der Waals surface area contributed by atoms with E-state index in [4.69, 9.17) is 0 Å². The minimum Gasteiger partial charge on any atom is -0.309 e. The zero-order valence-corrected chi connectivity index (χ0v) is 79.0. The summed E-state index contributed by atoms with van der Waals surface area (Å²) < 4.78 is 22.5. The highest BCUT2D eigenvalue weighted by Crippen LogP contribution is 2.52. The fraction of sp³-hybridized carbons (Fsp3) is 0. The standard InChI is InChI=1S/C54H34N4.C42H28N2.C38H21NS2/c1-3-15-35(16-4-1)55-47-23-11-7-19-39(47)43-31-37(27-29-51(43)55)57-49-25-13-9-21-41(49)45-33-46-42-22-10-14-26-50(42)58(54(46)34-53(45)57)38-28-30-52-44(32-38)40-20-8-12-24-48(40)56(52)36-17-5-2-6-18-36;1-4-14-29(15-5-1)31-26-32(30-16-6-2-7-17-30)28-34(27-31)44-38-23-13-11-21-36(38)42-40(44)25-24-39-41(42)35-20-10-12-22-37(35)43(39)33-18-8-3-9-19-33;1-2-10-24-22(9-1)17-20-32-34(24)29-19-18-23(21-33(29)40-32)39-30-15-7-5-13-27(30)35-25-11-3-4-12-26(25)36-28-14-6-8-16-31(28)41-38(36)37(35)39/h1-34H;1-28H;1-21H. The number of para-hydroxylation sites is 10. The van der Waals surface area contributed by atoms with Crippen LogP contribution in [0.3, 0.4) is 0 Å². The Balaban J connectivity index is 0.000000102. The van der Waals surface area contributed by atoms with E-state index >= 15 is 0 Å². The molecule has 0 saturated carbocycles. The molecule has 9 aromatic heterocycles. The summed E-state index contributed by atoms with van der Waals surface area (Å²) in [5, 5.41) is 28.4. The third-order valence-corrected chi connectivity index (χ3v) is 32.2. The third-order valence-electron chi connectivity index (χ3n) is 30.0. The maximum absolute atomic E-state index is 2.52. The minimum atomic E-state index is 1.15. The molecule has 0 saturated heterocycles. The quantitative estimate of drug-likeness (QED) is 0.138. The number of fused-ring (bicyclic) bond motifs is 34. The van der Waals surface area contributed by atoms with Gasteiger partial charge < -0.3 is 32.0 Å². The van der Waals surface area contributed by atoms with Crippen LogP contribution in [0.4, 0.5) is 0 Å². The van der Waals surface area contributed by atoms with Crippen LogP contribution in [0.1, 0.15) is 0 Å². The molecule has 9 heterocycles. The van der Waals surface area contributed by atoms with Gasteiger partial charge >= 0.3 is 0 Å². The monoisotopic (exact) mass is 1850 g/mol. The molecule has 23 aromatic carbocycles. The summed E-state index contributed by atoms with van der Waals surface area (Å²) in [6, 6.07) is 184. The van der Waals surface area contributed by atoms with E-state index < -0.39 is 0 Å². The Morgan fingerprint density at radius 1 is 0.126 bits per heavy atom. The highest BCUT2D eigenvalue weighted by atomic mass is 32.1. The second kappa shape index (κ2) is 32.1. The third kappa shape index (κ3) is 12.4. The van der Waals surface area contributed by atoms with E-state index in [9.17, 15) is 0 Å². The molecule has 0 radical (unpaired) electrons. The van der Waals surface area contributed by atoms with E-state index in [1.165, 1.54) is 248 Å². The molecule has 7 nitrogen and oxygen atoms in total. The van der Waals surface area contributed by atoms with Crippen LogP contribution in [0.15, 0.2) is 504 Å². The van der Waals surface area contributed by atoms with Crippen molar-refractivity contribution in [3.63, 3.8) is 0 Å². The molecule has 32 rings (SSSR count). The second-order valence-electron chi connectivity index (χ2n) is 37.6. The molecule has 0 amide bonds. The Kier molecular flexibility index (Phi) is 18.1. The molecule has 666 valence electrons. The fourth-order valence-corrected chi connectivity index (χ4v) is 26.4. The molecule has 0 aliphatic rings. The molecule has 0 bridgehead atoms. The number of rotatable bonds is 9. The van der Waals surface area contributed by atoms with E-state index in [1.54, 1.807) is 0 Å². The predicted octanol–water partition coefficient (Wildman–Crippen LogP) is 37.1. The summed E-state index contributed by atoms with van der Waals surface area (Å²) in [7, 11) is 0. The van der Waals surface area contributed by atoms with Crippen molar-refractivity contribution in [3.05, 3.63) is 504 Å². The highest BCUT2D eigenvalue weighted by molar-refractivity contribution is 7.27.